The SMILES string of the molecule is COC(=O)c1scc(C)c1S(=O)(=O)NC1CCCNC1. The Balaban J connectivity index is 2.29. The van der Waals surface area contributed by atoms with E-state index in [2.05, 4.69) is 14.8 Å². The van der Waals surface area contributed by atoms with Crippen molar-refractivity contribution in [1.82, 2.24) is 10.0 Å². The molecule has 0 bridgehead atoms. The molecule has 0 spiro atoms. The van der Waals surface area contributed by atoms with Crippen molar-refractivity contribution in [3.63, 3.8) is 0 Å². The molecule has 8 heteroatoms. The van der Waals surface area contributed by atoms with E-state index in [9.17, 15) is 13.2 Å². The zero-order valence-corrected chi connectivity index (χ0v) is 13.1. The van der Waals surface area contributed by atoms with E-state index in [1.807, 2.05) is 0 Å². The molecule has 0 aliphatic carbocycles. The molecule has 2 heterocycles. The normalized spacial score (nSPS) is 19.8. The van der Waals surface area contributed by atoms with Gasteiger partial charge in [-0.1, -0.05) is 0 Å². The fraction of sp³-hybridized carbons (Fsp3) is 0.583. The molecule has 2 rings (SSSR count). The molecular weight excluding hydrogens is 300 g/mol. The van der Waals surface area contributed by atoms with Crippen LogP contribution in [0, 0.1) is 6.92 Å². The molecule has 1 aliphatic rings. The average molecular weight is 318 g/mol. The molecule has 0 radical (unpaired) electrons. The molecule has 1 fully saturated rings. The Hall–Kier alpha value is -0.960. The van der Waals surface area contributed by atoms with Crippen molar-refractivity contribution in [3.05, 3.63) is 15.8 Å². The van der Waals surface area contributed by atoms with Crippen molar-refractivity contribution in [2.24, 2.45) is 0 Å². The molecule has 0 amide bonds. The van der Waals surface area contributed by atoms with Gasteiger partial charge in [0.25, 0.3) is 0 Å². The predicted octanol–water partition coefficient (Wildman–Crippen LogP) is 0.873. The molecule has 1 atom stereocenters. The summed E-state index contributed by atoms with van der Waals surface area (Å²) < 4.78 is 32.3. The molecule has 1 aliphatic heterocycles. The summed E-state index contributed by atoms with van der Waals surface area (Å²) in [6.45, 7) is 3.19. The molecule has 112 valence electrons. The Morgan fingerprint density at radius 2 is 2.30 bits per heavy atom. The molecule has 0 aromatic carbocycles. The highest BCUT2D eigenvalue weighted by molar-refractivity contribution is 7.89. The topological polar surface area (TPSA) is 84.5 Å². The van der Waals surface area contributed by atoms with Crippen LogP contribution in [0.15, 0.2) is 10.3 Å². The van der Waals surface area contributed by atoms with Crippen molar-refractivity contribution >= 4 is 27.3 Å². The van der Waals surface area contributed by atoms with Gasteiger partial charge in [-0.05, 0) is 37.3 Å². The Morgan fingerprint density at radius 1 is 1.55 bits per heavy atom. The average Bonchev–Trinajstić information content (AvgIpc) is 2.81. The number of carbonyl (C=O) groups is 1. The minimum atomic E-state index is -3.71. The summed E-state index contributed by atoms with van der Waals surface area (Å²) in [7, 11) is -2.47. The highest BCUT2D eigenvalue weighted by atomic mass is 32.2. The number of aryl methyl sites for hydroxylation is 1. The van der Waals surface area contributed by atoms with Crippen molar-refractivity contribution in [2.45, 2.75) is 30.7 Å². The van der Waals surface area contributed by atoms with Crippen LogP contribution in [0.4, 0.5) is 0 Å². The van der Waals surface area contributed by atoms with Gasteiger partial charge >= 0.3 is 5.97 Å². The number of piperidine rings is 1. The van der Waals surface area contributed by atoms with Crippen molar-refractivity contribution in [1.29, 1.82) is 0 Å². The minimum Gasteiger partial charge on any atom is -0.465 e. The van der Waals surface area contributed by atoms with E-state index in [0.29, 0.717) is 12.1 Å². The smallest absolute Gasteiger partial charge is 0.349 e. The second kappa shape index (κ2) is 6.21. The van der Waals surface area contributed by atoms with E-state index >= 15 is 0 Å². The Kier molecular flexibility index (Phi) is 4.79. The maximum absolute atomic E-state index is 12.5. The molecule has 1 aromatic rings. The standard InChI is InChI=1S/C12H18N2O4S2/c1-8-7-19-10(12(15)18-2)11(8)20(16,17)14-9-4-3-5-13-6-9/h7,9,13-14H,3-6H2,1-2H3. The Labute approximate surface area is 122 Å². The number of sulfonamides is 1. The highest BCUT2D eigenvalue weighted by Crippen LogP contribution is 2.27. The van der Waals surface area contributed by atoms with Gasteiger partial charge in [-0.3, -0.25) is 0 Å². The molecule has 20 heavy (non-hydrogen) atoms. The van der Waals surface area contributed by atoms with Crippen LogP contribution in [0.3, 0.4) is 0 Å². The largest absolute Gasteiger partial charge is 0.465 e. The van der Waals surface area contributed by atoms with Gasteiger partial charge < -0.3 is 10.1 Å². The fourth-order valence-electron chi connectivity index (χ4n) is 2.23. The number of methoxy groups -OCH3 is 1. The van der Waals surface area contributed by atoms with E-state index in [-0.39, 0.29) is 15.8 Å². The molecule has 6 nitrogen and oxygen atoms in total. The number of rotatable bonds is 4. The van der Waals surface area contributed by atoms with Crippen LogP contribution in [-0.2, 0) is 14.8 Å². The number of hydrogen-bond donors (Lipinski definition) is 2. The third kappa shape index (κ3) is 3.20. The van der Waals surface area contributed by atoms with Crippen molar-refractivity contribution in [3.8, 4) is 0 Å². The van der Waals surface area contributed by atoms with Crippen LogP contribution in [0.1, 0.15) is 28.1 Å². The lowest BCUT2D eigenvalue weighted by atomic mass is 10.1. The lowest BCUT2D eigenvalue weighted by Gasteiger charge is -2.23. The van der Waals surface area contributed by atoms with Gasteiger partial charge in [0.05, 0.1) is 7.11 Å². The van der Waals surface area contributed by atoms with Gasteiger partial charge in [-0.15, -0.1) is 11.3 Å². The second-order valence-corrected chi connectivity index (χ2v) is 7.26. The summed E-state index contributed by atoms with van der Waals surface area (Å²) >= 11 is 1.09. The van der Waals surface area contributed by atoms with E-state index in [0.717, 1.165) is 30.7 Å². The first-order valence-corrected chi connectivity index (χ1v) is 8.71. The van der Waals surface area contributed by atoms with E-state index in [1.165, 1.54) is 7.11 Å². The monoisotopic (exact) mass is 318 g/mol. The lowest BCUT2D eigenvalue weighted by molar-refractivity contribution is 0.0602. The van der Waals surface area contributed by atoms with Crippen molar-refractivity contribution < 1.29 is 17.9 Å². The Bertz CT molecular complexity index is 589. The number of thiophene rings is 1. The zero-order valence-electron chi connectivity index (χ0n) is 11.4. The number of hydrogen-bond acceptors (Lipinski definition) is 6. The van der Waals surface area contributed by atoms with E-state index in [1.54, 1.807) is 12.3 Å². The van der Waals surface area contributed by atoms with Gasteiger partial charge in [-0.2, -0.15) is 0 Å². The highest BCUT2D eigenvalue weighted by Gasteiger charge is 2.29. The Morgan fingerprint density at radius 3 is 2.90 bits per heavy atom. The summed E-state index contributed by atoms with van der Waals surface area (Å²) in [4.78, 5) is 11.8. The van der Waals surface area contributed by atoms with Gasteiger partial charge in [0, 0.05) is 12.6 Å². The minimum absolute atomic E-state index is 0.0416. The molecule has 1 saturated heterocycles. The van der Waals surface area contributed by atoms with Crippen LogP contribution >= 0.6 is 11.3 Å². The molecular formula is C12H18N2O4S2. The molecule has 1 unspecified atom stereocenters. The molecule has 0 saturated carbocycles. The second-order valence-electron chi connectivity index (χ2n) is 4.73. The predicted molar refractivity (Wildman–Crippen MR) is 76.6 cm³/mol. The summed E-state index contributed by atoms with van der Waals surface area (Å²) in [5.74, 6) is -0.620. The van der Waals surface area contributed by atoms with Crippen LogP contribution in [0.2, 0.25) is 0 Å². The number of nitrogens with one attached hydrogen (secondary N) is 2. The summed E-state index contributed by atoms with van der Waals surface area (Å²) in [6, 6.07) is -0.140. The number of esters is 1. The summed E-state index contributed by atoms with van der Waals surface area (Å²) in [5.41, 5.74) is 0.562. The van der Waals surface area contributed by atoms with Crippen LogP contribution in [0.5, 0.6) is 0 Å². The first-order chi connectivity index (χ1) is 9.45. The third-order valence-corrected chi connectivity index (χ3v) is 6.09. The summed E-state index contributed by atoms with van der Waals surface area (Å²) in [6.07, 6.45) is 1.72. The van der Waals surface area contributed by atoms with Gasteiger partial charge in [0.2, 0.25) is 10.0 Å². The first kappa shape index (κ1) is 15.4. The fourth-order valence-corrected chi connectivity index (χ4v) is 5.21. The van der Waals surface area contributed by atoms with Crippen LogP contribution < -0.4 is 10.0 Å². The number of ether oxygens (including phenoxy) is 1. The van der Waals surface area contributed by atoms with Crippen LogP contribution in [0.25, 0.3) is 0 Å². The maximum atomic E-state index is 12.5. The quantitative estimate of drug-likeness (QED) is 0.805. The van der Waals surface area contributed by atoms with E-state index in [4.69, 9.17) is 0 Å². The molecule has 2 N–H and O–H groups in total. The van der Waals surface area contributed by atoms with Gasteiger partial charge in [0.1, 0.15) is 9.77 Å². The summed E-state index contributed by atoms with van der Waals surface area (Å²) in [5, 5.41) is 4.80. The van der Waals surface area contributed by atoms with Gasteiger partial charge in [0.15, 0.2) is 0 Å². The van der Waals surface area contributed by atoms with E-state index < -0.39 is 16.0 Å². The zero-order chi connectivity index (χ0) is 14.8. The van der Waals surface area contributed by atoms with Gasteiger partial charge in [-0.25, -0.2) is 17.9 Å². The van der Waals surface area contributed by atoms with Crippen LogP contribution in [-0.4, -0.2) is 40.6 Å². The molecule has 1 aromatic heterocycles. The third-order valence-electron chi connectivity index (χ3n) is 3.18. The lowest BCUT2D eigenvalue weighted by Crippen LogP contribution is -2.45. The first-order valence-electron chi connectivity index (χ1n) is 6.35. The van der Waals surface area contributed by atoms with Crippen molar-refractivity contribution in [2.75, 3.05) is 20.2 Å². The number of carbonyl (C=O) groups excluding carboxylic acids is 1. The maximum Gasteiger partial charge on any atom is 0.349 e.